The van der Waals surface area contributed by atoms with E-state index >= 15 is 0 Å². The van der Waals surface area contributed by atoms with Crippen molar-refractivity contribution in [2.75, 3.05) is 26.7 Å². The number of nitrogens with zero attached hydrogens (tertiary/aromatic N) is 5. The normalized spacial score (nSPS) is 14.5. The smallest absolute Gasteiger partial charge is 0.259 e. The molecule has 2 amide bonds. The molecule has 0 bridgehead atoms. The molecule has 1 saturated heterocycles. The number of carbonyl (C=O) groups excluding carboxylic acids is 2. The first-order valence-electron chi connectivity index (χ1n) is 7.82. The Kier molecular flexibility index (Phi) is 4.02. The highest BCUT2D eigenvalue weighted by Crippen LogP contribution is 2.14. The summed E-state index contributed by atoms with van der Waals surface area (Å²) in [6, 6.07) is 1.91. The Balaban J connectivity index is 1.81. The number of hydrogen-bond acceptors (Lipinski definition) is 4. The van der Waals surface area contributed by atoms with E-state index in [0.717, 1.165) is 37.3 Å². The van der Waals surface area contributed by atoms with Crippen molar-refractivity contribution in [3.63, 3.8) is 0 Å². The summed E-state index contributed by atoms with van der Waals surface area (Å²) in [5, 5.41) is 4.23. The topological polar surface area (TPSA) is 70.8 Å². The number of carbonyl (C=O) groups is 2. The molecule has 0 N–H and O–H groups in total. The van der Waals surface area contributed by atoms with E-state index in [1.54, 1.807) is 11.6 Å². The Bertz CT molecular complexity index is 761. The van der Waals surface area contributed by atoms with Crippen LogP contribution in [0.4, 0.5) is 0 Å². The fraction of sp³-hybridized carbons (Fsp3) is 0.500. The molecule has 1 aliphatic rings. The lowest BCUT2D eigenvalue weighted by atomic mass is 10.2. The number of likely N-dealkylation sites (N-methyl/N-ethyl adjacent to an activating group) is 1. The lowest BCUT2D eigenvalue weighted by Crippen LogP contribution is -2.39. The van der Waals surface area contributed by atoms with Crippen LogP contribution in [0.5, 0.6) is 0 Å². The zero-order valence-corrected chi connectivity index (χ0v) is 13.7. The first-order chi connectivity index (χ1) is 11.0. The van der Waals surface area contributed by atoms with Gasteiger partial charge in [0.05, 0.1) is 12.7 Å². The highest BCUT2D eigenvalue weighted by atomic mass is 16.2. The van der Waals surface area contributed by atoms with E-state index in [9.17, 15) is 9.59 Å². The van der Waals surface area contributed by atoms with Gasteiger partial charge in [-0.1, -0.05) is 0 Å². The van der Waals surface area contributed by atoms with Crippen LogP contribution in [-0.2, 0) is 4.79 Å². The zero-order valence-electron chi connectivity index (χ0n) is 13.7. The summed E-state index contributed by atoms with van der Waals surface area (Å²) in [6.45, 7) is 5.47. The lowest BCUT2D eigenvalue weighted by molar-refractivity contribution is -0.130. The van der Waals surface area contributed by atoms with Crippen LogP contribution in [-0.4, -0.2) is 62.9 Å². The number of fused-ring (bicyclic) bond motifs is 1. The van der Waals surface area contributed by atoms with Gasteiger partial charge >= 0.3 is 0 Å². The molecule has 0 atom stereocenters. The van der Waals surface area contributed by atoms with Gasteiger partial charge in [0, 0.05) is 31.5 Å². The zero-order chi connectivity index (χ0) is 16.6. The molecular weight excluding hydrogens is 294 g/mol. The number of hydrogen-bond donors (Lipinski definition) is 0. The van der Waals surface area contributed by atoms with E-state index in [4.69, 9.17) is 0 Å². The van der Waals surface area contributed by atoms with Crippen LogP contribution in [0, 0.1) is 13.8 Å². The van der Waals surface area contributed by atoms with Gasteiger partial charge in [0.25, 0.3) is 5.91 Å². The number of aromatic nitrogens is 3. The van der Waals surface area contributed by atoms with Gasteiger partial charge in [0.2, 0.25) is 5.91 Å². The molecule has 2 aromatic heterocycles. The summed E-state index contributed by atoms with van der Waals surface area (Å²) in [5.74, 6) is -0.236. The van der Waals surface area contributed by atoms with Crippen molar-refractivity contribution in [2.24, 2.45) is 0 Å². The molecule has 0 spiro atoms. The van der Waals surface area contributed by atoms with Crippen LogP contribution in [0.1, 0.15) is 34.6 Å². The number of aryl methyl sites for hydroxylation is 2. The summed E-state index contributed by atoms with van der Waals surface area (Å²) >= 11 is 0. The highest BCUT2D eigenvalue weighted by Gasteiger charge is 2.24. The predicted molar refractivity (Wildman–Crippen MR) is 85.2 cm³/mol. The Morgan fingerprint density at radius 2 is 1.96 bits per heavy atom. The molecule has 1 fully saturated rings. The molecule has 122 valence electrons. The average Bonchev–Trinajstić information content (AvgIpc) is 3.15. The molecule has 2 aromatic rings. The van der Waals surface area contributed by atoms with Crippen molar-refractivity contribution in [1.29, 1.82) is 0 Å². The monoisotopic (exact) mass is 315 g/mol. The van der Waals surface area contributed by atoms with Gasteiger partial charge in [-0.3, -0.25) is 9.59 Å². The molecule has 0 aliphatic carbocycles. The molecule has 23 heavy (non-hydrogen) atoms. The Labute approximate surface area is 134 Å². The predicted octanol–water partition coefficient (Wildman–Crippen LogP) is 1.04. The maximum absolute atomic E-state index is 12.7. The second-order valence-corrected chi connectivity index (χ2v) is 6.08. The molecule has 7 heteroatoms. The van der Waals surface area contributed by atoms with Crippen LogP contribution in [0.2, 0.25) is 0 Å². The van der Waals surface area contributed by atoms with Crippen molar-refractivity contribution in [2.45, 2.75) is 26.7 Å². The van der Waals surface area contributed by atoms with Gasteiger partial charge in [-0.2, -0.15) is 5.10 Å². The van der Waals surface area contributed by atoms with Crippen LogP contribution < -0.4 is 0 Å². The first-order valence-corrected chi connectivity index (χ1v) is 7.82. The van der Waals surface area contributed by atoms with Gasteiger partial charge in [-0.15, -0.1) is 0 Å². The number of amides is 2. The van der Waals surface area contributed by atoms with Crippen LogP contribution in [0.25, 0.3) is 5.65 Å². The molecule has 7 nitrogen and oxygen atoms in total. The third kappa shape index (κ3) is 2.91. The maximum atomic E-state index is 12.7. The first kappa shape index (κ1) is 15.5. The SMILES string of the molecule is Cc1cc(C)n2ncc(C(=O)N(C)CC(=O)N3CCCC3)c2n1. The maximum Gasteiger partial charge on any atom is 0.259 e. The van der Waals surface area contributed by atoms with Crippen molar-refractivity contribution >= 4 is 17.5 Å². The van der Waals surface area contributed by atoms with Gasteiger partial charge < -0.3 is 9.80 Å². The molecule has 3 rings (SSSR count). The molecule has 1 aliphatic heterocycles. The fourth-order valence-electron chi connectivity index (χ4n) is 2.97. The summed E-state index contributed by atoms with van der Waals surface area (Å²) in [6.07, 6.45) is 3.60. The van der Waals surface area contributed by atoms with Crippen LogP contribution in [0.15, 0.2) is 12.3 Å². The summed E-state index contributed by atoms with van der Waals surface area (Å²) in [4.78, 5) is 32.5. The minimum atomic E-state index is -0.231. The van der Waals surface area contributed by atoms with Crippen molar-refractivity contribution < 1.29 is 9.59 Å². The second kappa shape index (κ2) is 5.98. The average molecular weight is 315 g/mol. The van der Waals surface area contributed by atoms with Crippen molar-refractivity contribution in [3.8, 4) is 0 Å². The van der Waals surface area contributed by atoms with Crippen molar-refractivity contribution in [1.82, 2.24) is 24.4 Å². The van der Waals surface area contributed by atoms with E-state index in [1.165, 1.54) is 11.1 Å². The molecule has 0 saturated carbocycles. The Hall–Kier alpha value is -2.44. The third-order valence-electron chi connectivity index (χ3n) is 4.19. The van der Waals surface area contributed by atoms with Gasteiger partial charge in [0.1, 0.15) is 5.56 Å². The Morgan fingerprint density at radius 3 is 2.65 bits per heavy atom. The van der Waals surface area contributed by atoms with E-state index in [-0.39, 0.29) is 18.4 Å². The van der Waals surface area contributed by atoms with E-state index in [0.29, 0.717) is 11.2 Å². The third-order valence-corrected chi connectivity index (χ3v) is 4.19. The van der Waals surface area contributed by atoms with Gasteiger partial charge in [-0.05, 0) is 32.8 Å². The van der Waals surface area contributed by atoms with Gasteiger partial charge in [0.15, 0.2) is 5.65 Å². The van der Waals surface area contributed by atoms with E-state index < -0.39 is 0 Å². The lowest BCUT2D eigenvalue weighted by Gasteiger charge is -2.21. The fourth-order valence-corrected chi connectivity index (χ4v) is 2.97. The summed E-state index contributed by atoms with van der Waals surface area (Å²) in [7, 11) is 1.64. The molecule has 0 unspecified atom stereocenters. The minimum Gasteiger partial charge on any atom is -0.341 e. The largest absolute Gasteiger partial charge is 0.341 e. The van der Waals surface area contributed by atoms with Gasteiger partial charge in [-0.25, -0.2) is 9.50 Å². The van der Waals surface area contributed by atoms with E-state index in [2.05, 4.69) is 10.1 Å². The summed E-state index contributed by atoms with van der Waals surface area (Å²) < 4.78 is 1.65. The minimum absolute atomic E-state index is 0.00450. The molecular formula is C16H21N5O2. The number of rotatable bonds is 3. The standard InChI is InChI=1S/C16H21N5O2/c1-11-8-12(2)21-15(18-11)13(9-17-21)16(23)19(3)10-14(22)20-6-4-5-7-20/h8-9H,4-7,10H2,1-3H3. The summed E-state index contributed by atoms with van der Waals surface area (Å²) in [5.41, 5.74) is 2.71. The van der Waals surface area contributed by atoms with Crippen LogP contribution in [0.3, 0.4) is 0 Å². The van der Waals surface area contributed by atoms with Crippen molar-refractivity contribution in [3.05, 3.63) is 29.2 Å². The molecule has 0 radical (unpaired) electrons. The van der Waals surface area contributed by atoms with Crippen LogP contribution >= 0.6 is 0 Å². The quantitative estimate of drug-likeness (QED) is 0.848. The second-order valence-electron chi connectivity index (χ2n) is 6.08. The number of likely N-dealkylation sites (tertiary alicyclic amines) is 1. The van der Waals surface area contributed by atoms with E-state index in [1.807, 2.05) is 24.8 Å². The molecule has 0 aromatic carbocycles. The Morgan fingerprint density at radius 1 is 1.26 bits per heavy atom. The molecule has 3 heterocycles. The highest BCUT2D eigenvalue weighted by molar-refractivity contribution is 6.01.